The minimum atomic E-state index is -1.12. The van der Waals surface area contributed by atoms with Crippen molar-refractivity contribution in [3.05, 3.63) is 54.6 Å². The quantitative estimate of drug-likeness (QED) is 0.470. The Balaban J connectivity index is 2.57. The molecule has 0 aliphatic rings. The zero-order chi connectivity index (χ0) is 24.1. The molecule has 3 aromatic carbocycles. The molecular weight excluding hydrogens is 431 g/mol. The van der Waals surface area contributed by atoms with Crippen LogP contribution in [0, 0.1) is 0 Å². The fourth-order valence-corrected chi connectivity index (χ4v) is 7.35. The van der Waals surface area contributed by atoms with Gasteiger partial charge in [0, 0.05) is 83.6 Å². The van der Waals surface area contributed by atoms with E-state index in [4.69, 9.17) is 9.47 Å². The van der Waals surface area contributed by atoms with Crippen molar-refractivity contribution in [3.63, 3.8) is 0 Å². The van der Waals surface area contributed by atoms with Crippen LogP contribution in [0.15, 0.2) is 54.6 Å². The van der Waals surface area contributed by atoms with Crippen LogP contribution in [0.3, 0.4) is 0 Å². The Hall–Kier alpha value is -3.11. The predicted octanol–water partition coefficient (Wildman–Crippen LogP) is 3.68. The standard InChI is InChI=1S/C26H35N4O2P/c1-27-18-12-9-13-19(28-2)24(18)33(26-22(31-7)16-11-17-23(26)32-8)25-20(29(3)4)14-10-15-21(25)30(5)6/h9-17,27-28H,1-8H3. The first-order valence-electron chi connectivity index (χ1n) is 10.9. The van der Waals surface area contributed by atoms with Crippen molar-refractivity contribution in [2.45, 2.75) is 0 Å². The normalized spacial score (nSPS) is 11.5. The lowest BCUT2D eigenvalue weighted by Gasteiger charge is -2.33. The molecule has 0 aliphatic heterocycles. The summed E-state index contributed by atoms with van der Waals surface area (Å²) < 4.78 is 11.9. The van der Waals surface area contributed by atoms with Crippen LogP contribution in [0.25, 0.3) is 0 Å². The summed E-state index contributed by atoms with van der Waals surface area (Å²) in [7, 11) is 14.6. The third-order valence-electron chi connectivity index (χ3n) is 5.60. The van der Waals surface area contributed by atoms with Crippen molar-refractivity contribution in [3.8, 4) is 11.5 Å². The van der Waals surface area contributed by atoms with Gasteiger partial charge in [-0.2, -0.15) is 0 Å². The van der Waals surface area contributed by atoms with Gasteiger partial charge in [0.2, 0.25) is 0 Å². The maximum atomic E-state index is 5.93. The predicted molar refractivity (Wildman–Crippen MR) is 146 cm³/mol. The lowest BCUT2D eigenvalue weighted by atomic mass is 10.2. The molecule has 0 spiro atoms. The topological polar surface area (TPSA) is 49.0 Å². The zero-order valence-electron chi connectivity index (χ0n) is 20.9. The Morgan fingerprint density at radius 1 is 0.606 bits per heavy atom. The molecule has 2 N–H and O–H groups in total. The van der Waals surface area contributed by atoms with E-state index in [0.29, 0.717) is 0 Å². The maximum Gasteiger partial charge on any atom is 0.130 e. The summed E-state index contributed by atoms with van der Waals surface area (Å²) in [6.45, 7) is 0. The third kappa shape index (κ3) is 4.67. The van der Waals surface area contributed by atoms with Gasteiger partial charge in [0.15, 0.2) is 0 Å². The largest absolute Gasteiger partial charge is 0.496 e. The van der Waals surface area contributed by atoms with Crippen molar-refractivity contribution in [2.24, 2.45) is 0 Å². The zero-order valence-corrected chi connectivity index (χ0v) is 21.7. The minimum absolute atomic E-state index is 0.812. The smallest absolute Gasteiger partial charge is 0.130 e. The second-order valence-electron chi connectivity index (χ2n) is 7.98. The van der Waals surface area contributed by atoms with Crippen LogP contribution < -0.4 is 45.8 Å². The van der Waals surface area contributed by atoms with Gasteiger partial charge in [-0.15, -0.1) is 0 Å². The fourth-order valence-electron chi connectivity index (χ4n) is 4.05. The van der Waals surface area contributed by atoms with E-state index in [-0.39, 0.29) is 0 Å². The first-order chi connectivity index (χ1) is 15.9. The molecule has 0 heterocycles. The van der Waals surface area contributed by atoms with E-state index in [2.05, 4.69) is 85.0 Å². The lowest BCUT2D eigenvalue weighted by molar-refractivity contribution is 0.401. The molecule has 0 radical (unpaired) electrons. The van der Waals surface area contributed by atoms with Crippen LogP contribution in [0.5, 0.6) is 11.5 Å². The molecular formula is C26H35N4O2P. The second-order valence-corrected chi connectivity index (χ2v) is 9.99. The van der Waals surface area contributed by atoms with Crippen LogP contribution in [0.1, 0.15) is 0 Å². The highest BCUT2D eigenvalue weighted by Crippen LogP contribution is 2.48. The van der Waals surface area contributed by atoms with Gasteiger partial charge < -0.3 is 29.9 Å². The molecule has 0 aliphatic carbocycles. The third-order valence-corrected chi connectivity index (χ3v) is 8.33. The number of ether oxygens (including phenoxy) is 2. The number of nitrogens with one attached hydrogen (secondary N) is 2. The summed E-state index contributed by atoms with van der Waals surface area (Å²) in [5.41, 5.74) is 4.46. The van der Waals surface area contributed by atoms with E-state index in [1.54, 1.807) is 14.2 Å². The average molecular weight is 467 g/mol. The van der Waals surface area contributed by atoms with Gasteiger partial charge in [-0.1, -0.05) is 18.2 Å². The fraction of sp³-hybridized carbons (Fsp3) is 0.308. The van der Waals surface area contributed by atoms with Crippen LogP contribution in [-0.4, -0.2) is 56.5 Å². The first kappa shape index (κ1) is 24.5. The molecule has 1 unspecified atom stereocenters. The highest BCUT2D eigenvalue weighted by atomic mass is 31.1. The van der Waals surface area contributed by atoms with Gasteiger partial charge in [-0.25, -0.2) is 0 Å². The van der Waals surface area contributed by atoms with E-state index in [1.165, 1.54) is 10.6 Å². The number of hydrogen-bond acceptors (Lipinski definition) is 6. The first-order valence-corrected chi connectivity index (χ1v) is 12.2. The van der Waals surface area contributed by atoms with Crippen molar-refractivity contribution in [2.75, 3.05) is 76.9 Å². The van der Waals surface area contributed by atoms with E-state index in [1.807, 2.05) is 32.3 Å². The minimum Gasteiger partial charge on any atom is -0.496 e. The van der Waals surface area contributed by atoms with Gasteiger partial charge in [0.1, 0.15) is 11.5 Å². The molecule has 0 saturated heterocycles. The molecule has 0 amide bonds. The SMILES string of the molecule is CNc1cccc(NC)c1P(c1c(OC)cccc1OC)c1c(N(C)C)cccc1N(C)C. The number of nitrogens with zero attached hydrogens (tertiary/aromatic N) is 2. The van der Waals surface area contributed by atoms with E-state index >= 15 is 0 Å². The number of rotatable bonds is 9. The van der Waals surface area contributed by atoms with Gasteiger partial charge in [-0.05, 0) is 36.4 Å². The Morgan fingerprint density at radius 3 is 1.42 bits per heavy atom. The van der Waals surface area contributed by atoms with Gasteiger partial charge in [0.05, 0.1) is 19.5 Å². The van der Waals surface area contributed by atoms with Crippen LogP contribution >= 0.6 is 7.92 Å². The molecule has 6 nitrogen and oxygen atoms in total. The summed E-state index contributed by atoms with van der Waals surface area (Å²) in [6.07, 6.45) is 0. The molecule has 0 fully saturated rings. The number of benzene rings is 3. The second kappa shape index (κ2) is 10.7. The van der Waals surface area contributed by atoms with E-state index in [9.17, 15) is 0 Å². The molecule has 0 bridgehead atoms. The van der Waals surface area contributed by atoms with Crippen molar-refractivity contribution in [1.29, 1.82) is 0 Å². The van der Waals surface area contributed by atoms with Gasteiger partial charge in [0.25, 0.3) is 0 Å². The molecule has 3 aromatic rings. The monoisotopic (exact) mass is 466 g/mol. The molecule has 33 heavy (non-hydrogen) atoms. The Kier molecular flexibility index (Phi) is 7.93. The molecule has 0 aromatic heterocycles. The highest BCUT2D eigenvalue weighted by molar-refractivity contribution is 7.81. The Bertz CT molecular complexity index is 975. The molecule has 3 rings (SSSR count). The van der Waals surface area contributed by atoms with Crippen LogP contribution in [-0.2, 0) is 0 Å². The summed E-state index contributed by atoms with van der Waals surface area (Å²) in [5, 5.41) is 10.3. The number of anilines is 4. The summed E-state index contributed by atoms with van der Waals surface area (Å²) in [4.78, 5) is 4.36. The van der Waals surface area contributed by atoms with Crippen LogP contribution in [0.4, 0.5) is 22.7 Å². The maximum absolute atomic E-state index is 5.93. The van der Waals surface area contributed by atoms with E-state index < -0.39 is 7.92 Å². The number of methoxy groups -OCH3 is 2. The Morgan fingerprint density at radius 2 is 1.03 bits per heavy atom. The lowest BCUT2D eigenvalue weighted by Crippen LogP contribution is -2.32. The van der Waals surface area contributed by atoms with Crippen molar-refractivity contribution in [1.82, 2.24) is 0 Å². The van der Waals surface area contributed by atoms with Crippen molar-refractivity contribution < 1.29 is 9.47 Å². The molecule has 176 valence electrons. The summed E-state index contributed by atoms with van der Waals surface area (Å²) in [5.74, 6) is 1.62. The Labute approximate surface area is 199 Å². The van der Waals surface area contributed by atoms with E-state index in [0.717, 1.165) is 39.6 Å². The van der Waals surface area contributed by atoms with Crippen LogP contribution in [0.2, 0.25) is 0 Å². The van der Waals surface area contributed by atoms with Gasteiger partial charge >= 0.3 is 0 Å². The molecule has 0 saturated carbocycles. The number of hydrogen-bond donors (Lipinski definition) is 2. The van der Waals surface area contributed by atoms with Crippen molar-refractivity contribution >= 4 is 46.6 Å². The average Bonchev–Trinajstić information content (AvgIpc) is 2.83. The highest BCUT2D eigenvalue weighted by Gasteiger charge is 2.33. The molecule has 7 heteroatoms. The summed E-state index contributed by atoms with van der Waals surface area (Å²) >= 11 is 0. The summed E-state index contributed by atoms with van der Waals surface area (Å²) in [6, 6.07) is 18.8. The molecule has 1 atom stereocenters. The van der Waals surface area contributed by atoms with Gasteiger partial charge in [-0.3, -0.25) is 0 Å².